The lowest BCUT2D eigenvalue weighted by Gasteiger charge is -2.24. The number of amides is 1. The standard InChI is InChI=1S/C15H22ClN3O3S/c1-15(2,3)22-14(20)19-6-5-10(8-19)9-21-12-7-11(16)17-13(18-12)23-4/h7,10H,5-6,8-9H2,1-4H3/t10-/m0/s1. The fourth-order valence-corrected chi connectivity index (χ4v) is 2.80. The number of nitrogens with zero attached hydrogens (tertiary/aromatic N) is 3. The monoisotopic (exact) mass is 359 g/mol. The van der Waals surface area contributed by atoms with Crippen LogP contribution in [0.1, 0.15) is 27.2 Å². The molecule has 0 aromatic carbocycles. The summed E-state index contributed by atoms with van der Waals surface area (Å²) in [6, 6.07) is 1.60. The molecule has 0 spiro atoms. The summed E-state index contributed by atoms with van der Waals surface area (Å²) in [4.78, 5) is 22.1. The molecule has 1 aliphatic heterocycles. The van der Waals surface area contributed by atoms with Gasteiger partial charge in [0, 0.05) is 25.1 Å². The first-order valence-corrected chi connectivity index (χ1v) is 9.06. The molecule has 1 amide bonds. The summed E-state index contributed by atoms with van der Waals surface area (Å²) in [5.74, 6) is 0.721. The SMILES string of the molecule is CSc1nc(Cl)cc(OC[C@H]2CCN(C(=O)OC(C)(C)C)C2)n1. The van der Waals surface area contributed by atoms with E-state index in [4.69, 9.17) is 21.1 Å². The maximum Gasteiger partial charge on any atom is 0.410 e. The maximum atomic E-state index is 12.0. The molecular formula is C15H22ClN3O3S. The number of carbonyl (C=O) groups excluding carboxylic acids is 1. The lowest BCUT2D eigenvalue weighted by Crippen LogP contribution is -2.35. The van der Waals surface area contributed by atoms with Crippen molar-refractivity contribution in [3.63, 3.8) is 0 Å². The van der Waals surface area contributed by atoms with Crippen molar-refractivity contribution in [2.75, 3.05) is 26.0 Å². The summed E-state index contributed by atoms with van der Waals surface area (Å²) in [5.41, 5.74) is -0.475. The van der Waals surface area contributed by atoms with Crippen LogP contribution in [0.5, 0.6) is 5.88 Å². The highest BCUT2D eigenvalue weighted by Gasteiger charge is 2.30. The third kappa shape index (κ3) is 5.73. The van der Waals surface area contributed by atoms with E-state index < -0.39 is 5.60 Å². The van der Waals surface area contributed by atoms with Crippen molar-refractivity contribution in [3.05, 3.63) is 11.2 Å². The smallest absolute Gasteiger partial charge is 0.410 e. The van der Waals surface area contributed by atoms with E-state index in [-0.39, 0.29) is 12.0 Å². The van der Waals surface area contributed by atoms with Crippen LogP contribution >= 0.6 is 23.4 Å². The molecule has 0 N–H and O–H groups in total. The van der Waals surface area contributed by atoms with Crippen LogP contribution in [0, 0.1) is 5.92 Å². The molecule has 1 atom stereocenters. The molecule has 128 valence electrons. The average molecular weight is 360 g/mol. The molecule has 0 bridgehead atoms. The van der Waals surface area contributed by atoms with Crippen molar-refractivity contribution in [2.45, 2.75) is 37.9 Å². The van der Waals surface area contributed by atoms with Gasteiger partial charge in [0.2, 0.25) is 5.88 Å². The first-order chi connectivity index (χ1) is 10.8. The van der Waals surface area contributed by atoms with Gasteiger partial charge < -0.3 is 14.4 Å². The number of carbonyl (C=O) groups is 1. The second-order valence-electron chi connectivity index (χ2n) is 6.41. The Morgan fingerprint density at radius 1 is 1.48 bits per heavy atom. The minimum Gasteiger partial charge on any atom is -0.477 e. The Balaban J connectivity index is 1.84. The van der Waals surface area contributed by atoms with Crippen LogP contribution in [0.15, 0.2) is 11.2 Å². The maximum absolute atomic E-state index is 12.0. The third-order valence-corrected chi connectivity index (χ3v) is 3.98. The fraction of sp³-hybridized carbons (Fsp3) is 0.667. The van der Waals surface area contributed by atoms with E-state index in [0.717, 1.165) is 6.42 Å². The highest BCUT2D eigenvalue weighted by Crippen LogP contribution is 2.22. The van der Waals surface area contributed by atoms with Crippen LogP contribution in [0.2, 0.25) is 5.15 Å². The molecule has 2 heterocycles. The van der Waals surface area contributed by atoms with Gasteiger partial charge in [0.05, 0.1) is 6.61 Å². The first-order valence-electron chi connectivity index (χ1n) is 7.46. The largest absolute Gasteiger partial charge is 0.477 e. The molecule has 0 radical (unpaired) electrons. The van der Waals surface area contributed by atoms with Gasteiger partial charge in [-0.3, -0.25) is 0 Å². The van der Waals surface area contributed by atoms with Gasteiger partial charge in [0.25, 0.3) is 0 Å². The highest BCUT2D eigenvalue weighted by molar-refractivity contribution is 7.98. The predicted octanol–water partition coefficient (Wildman–Crippen LogP) is 3.49. The molecule has 8 heteroatoms. The summed E-state index contributed by atoms with van der Waals surface area (Å²) in [6.07, 6.45) is 2.49. The quantitative estimate of drug-likeness (QED) is 0.466. The normalized spacial score (nSPS) is 18.1. The van der Waals surface area contributed by atoms with E-state index in [1.165, 1.54) is 11.8 Å². The van der Waals surface area contributed by atoms with E-state index >= 15 is 0 Å². The van der Waals surface area contributed by atoms with Crippen molar-refractivity contribution < 1.29 is 14.3 Å². The second kappa shape index (κ2) is 7.57. The van der Waals surface area contributed by atoms with E-state index in [9.17, 15) is 4.79 Å². The minimum absolute atomic E-state index is 0.258. The molecule has 6 nitrogen and oxygen atoms in total. The molecule has 1 saturated heterocycles. The van der Waals surface area contributed by atoms with Crippen LogP contribution in [0.25, 0.3) is 0 Å². The second-order valence-corrected chi connectivity index (χ2v) is 7.57. The highest BCUT2D eigenvalue weighted by atomic mass is 35.5. The Labute approximate surface area is 145 Å². The van der Waals surface area contributed by atoms with Crippen molar-refractivity contribution in [2.24, 2.45) is 5.92 Å². The van der Waals surface area contributed by atoms with Gasteiger partial charge in [-0.1, -0.05) is 23.4 Å². The lowest BCUT2D eigenvalue weighted by molar-refractivity contribution is 0.0284. The molecule has 1 aromatic rings. The Hall–Kier alpha value is -1.21. The topological polar surface area (TPSA) is 64.5 Å². The molecular weight excluding hydrogens is 338 g/mol. The lowest BCUT2D eigenvalue weighted by atomic mass is 10.1. The molecule has 2 rings (SSSR count). The Kier molecular flexibility index (Phi) is 5.97. The van der Waals surface area contributed by atoms with Crippen LogP contribution in [-0.2, 0) is 4.74 Å². The molecule has 23 heavy (non-hydrogen) atoms. The molecule has 1 aliphatic rings. The molecule has 0 saturated carbocycles. The van der Waals surface area contributed by atoms with Crippen molar-refractivity contribution in [1.29, 1.82) is 0 Å². The summed E-state index contributed by atoms with van der Waals surface area (Å²) < 4.78 is 11.1. The van der Waals surface area contributed by atoms with Crippen molar-refractivity contribution in [1.82, 2.24) is 14.9 Å². The van der Waals surface area contributed by atoms with Gasteiger partial charge in [0.1, 0.15) is 10.8 Å². The van der Waals surface area contributed by atoms with E-state index in [1.807, 2.05) is 27.0 Å². The van der Waals surface area contributed by atoms with Gasteiger partial charge in [-0.15, -0.1) is 0 Å². The third-order valence-electron chi connectivity index (χ3n) is 3.24. The van der Waals surface area contributed by atoms with Gasteiger partial charge in [-0.05, 0) is 33.4 Å². The molecule has 0 aliphatic carbocycles. The molecule has 0 unspecified atom stereocenters. The number of thioether (sulfide) groups is 1. The number of rotatable bonds is 4. The first kappa shape index (κ1) is 18.1. The number of ether oxygens (including phenoxy) is 2. The minimum atomic E-state index is -0.475. The number of aromatic nitrogens is 2. The average Bonchev–Trinajstić information content (AvgIpc) is 2.91. The summed E-state index contributed by atoms with van der Waals surface area (Å²) in [6.45, 7) is 7.39. The van der Waals surface area contributed by atoms with Crippen LogP contribution in [0.3, 0.4) is 0 Å². The van der Waals surface area contributed by atoms with Gasteiger partial charge in [-0.2, -0.15) is 4.98 Å². The van der Waals surface area contributed by atoms with Gasteiger partial charge in [-0.25, -0.2) is 9.78 Å². The Morgan fingerprint density at radius 2 is 2.22 bits per heavy atom. The number of likely N-dealkylation sites (tertiary alicyclic amines) is 1. The Bertz CT molecular complexity index is 565. The van der Waals surface area contributed by atoms with Crippen LogP contribution in [0.4, 0.5) is 4.79 Å². The Morgan fingerprint density at radius 3 is 2.87 bits per heavy atom. The summed E-state index contributed by atoms with van der Waals surface area (Å²) in [5, 5.41) is 0.940. The molecule has 1 aromatic heterocycles. The number of halogens is 1. The van der Waals surface area contributed by atoms with E-state index in [0.29, 0.717) is 35.9 Å². The summed E-state index contributed by atoms with van der Waals surface area (Å²) >= 11 is 7.35. The number of hydrogen-bond donors (Lipinski definition) is 0. The number of hydrogen-bond acceptors (Lipinski definition) is 6. The van der Waals surface area contributed by atoms with E-state index in [1.54, 1.807) is 11.0 Å². The van der Waals surface area contributed by atoms with Gasteiger partial charge >= 0.3 is 6.09 Å². The van der Waals surface area contributed by atoms with Crippen molar-refractivity contribution in [3.8, 4) is 5.88 Å². The zero-order chi connectivity index (χ0) is 17.0. The van der Waals surface area contributed by atoms with Gasteiger partial charge in [0.15, 0.2) is 5.16 Å². The van der Waals surface area contributed by atoms with Crippen LogP contribution < -0.4 is 4.74 Å². The summed E-state index contributed by atoms with van der Waals surface area (Å²) in [7, 11) is 0. The predicted molar refractivity (Wildman–Crippen MR) is 90.2 cm³/mol. The zero-order valence-corrected chi connectivity index (χ0v) is 15.4. The van der Waals surface area contributed by atoms with Crippen LogP contribution in [-0.4, -0.2) is 52.5 Å². The van der Waals surface area contributed by atoms with E-state index in [2.05, 4.69) is 9.97 Å². The zero-order valence-electron chi connectivity index (χ0n) is 13.8. The van der Waals surface area contributed by atoms with Crippen molar-refractivity contribution >= 4 is 29.5 Å². The fourth-order valence-electron chi connectivity index (χ4n) is 2.21. The molecule has 1 fully saturated rings.